The third-order valence-corrected chi connectivity index (χ3v) is 5.29. The number of nitrogens with zero attached hydrogens (tertiary/aromatic N) is 1. The maximum absolute atomic E-state index is 12.6. The lowest BCUT2D eigenvalue weighted by Crippen LogP contribution is -2.23. The first-order valence-electron chi connectivity index (χ1n) is 9.81. The van der Waals surface area contributed by atoms with Crippen molar-refractivity contribution in [1.29, 1.82) is 0 Å². The van der Waals surface area contributed by atoms with Crippen LogP contribution in [0.2, 0.25) is 5.02 Å². The highest BCUT2D eigenvalue weighted by atomic mass is 35.5. The second-order valence-corrected chi connectivity index (χ2v) is 7.42. The molecule has 0 saturated carbocycles. The third kappa shape index (κ3) is 4.55. The van der Waals surface area contributed by atoms with Gasteiger partial charge in [0.1, 0.15) is 12.0 Å². The monoisotopic (exact) mass is 446 g/mol. The SMILES string of the molecule is COc1ccc(-c2cccc(C=O)c2)cc1CNC(=O)c1cc(-c2ccccc2Cl)on1. The highest BCUT2D eigenvalue weighted by Crippen LogP contribution is 2.29. The van der Waals surface area contributed by atoms with Crippen molar-refractivity contribution in [2.75, 3.05) is 7.11 Å². The summed E-state index contributed by atoms with van der Waals surface area (Å²) in [4.78, 5) is 23.7. The molecule has 4 rings (SSSR count). The van der Waals surface area contributed by atoms with E-state index in [1.54, 1.807) is 31.4 Å². The maximum Gasteiger partial charge on any atom is 0.273 e. The van der Waals surface area contributed by atoms with Gasteiger partial charge >= 0.3 is 0 Å². The number of nitrogens with one attached hydrogen (secondary N) is 1. The van der Waals surface area contributed by atoms with E-state index in [0.29, 0.717) is 27.7 Å². The van der Waals surface area contributed by atoms with E-state index in [9.17, 15) is 9.59 Å². The fourth-order valence-corrected chi connectivity index (χ4v) is 3.55. The van der Waals surface area contributed by atoms with Crippen molar-refractivity contribution in [3.8, 4) is 28.2 Å². The standard InChI is InChI=1S/C25H19ClN2O4/c1-31-23-10-9-18(17-6-4-5-16(11-17)15-29)12-19(23)14-27-25(30)22-13-24(32-28-22)20-7-2-3-8-21(20)26/h2-13,15H,14H2,1H3,(H,27,30). The van der Waals surface area contributed by atoms with Crippen LogP contribution in [0.25, 0.3) is 22.5 Å². The van der Waals surface area contributed by atoms with Crippen LogP contribution in [0.1, 0.15) is 26.4 Å². The molecule has 0 aliphatic carbocycles. The van der Waals surface area contributed by atoms with Gasteiger partial charge in [-0.3, -0.25) is 9.59 Å². The van der Waals surface area contributed by atoms with Crippen LogP contribution in [-0.4, -0.2) is 24.5 Å². The molecule has 0 fully saturated rings. The molecule has 4 aromatic rings. The van der Waals surface area contributed by atoms with Crippen LogP contribution < -0.4 is 10.1 Å². The number of aromatic nitrogens is 1. The number of carbonyl (C=O) groups is 2. The largest absolute Gasteiger partial charge is 0.496 e. The minimum absolute atomic E-state index is 0.147. The molecule has 1 amide bonds. The van der Waals surface area contributed by atoms with Gasteiger partial charge < -0.3 is 14.6 Å². The zero-order valence-electron chi connectivity index (χ0n) is 17.2. The average molecular weight is 447 g/mol. The van der Waals surface area contributed by atoms with Gasteiger partial charge in [-0.15, -0.1) is 0 Å². The van der Waals surface area contributed by atoms with E-state index in [4.69, 9.17) is 20.9 Å². The summed E-state index contributed by atoms with van der Waals surface area (Å²) < 4.78 is 10.7. The Hall–Kier alpha value is -3.90. The van der Waals surface area contributed by atoms with Crippen molar-refractivity contribution in [1.82, 2.24) is 10.5 Å². The summed E-state index contributed by atoms with van der Waals surface area (Å²) in [7, 11) is 1.57. The number of rotatable bonds is 7. The number of ether oxygens (including phenoxy) is 1. The Morgan fingerprint density at radius 2 is 1.88 bits per heavy atom. The first kappa shape index (κ1) is 21.3. The number of carbonyl (C=O) groups excluding carboxylic acids is 2. The summed E-state index contributed by atoms with van der Waals surface area (Å²) in [5.41, 5.74) is 3.98. The van der Waals surface area contributed by atoms with Crippen molar-refractivity contribution < 1.29 is 18.8 Å². The maximum atomic E-state index is 12.6. The van der Waals surface area contributed by atoms with Crippen LogP contribution in [-0.2, 0) is 6.54 Å². The summed E-state index contributed by atoms with van der Waals surface area (Å²) in [6.07, 6.45) is 0.808. The lowest BCUT2D eigenvalue weighted by atomic mass is 10.0. The second kappa shape index (κ2) is 9.49. The molecule has 7 heteroatoms. The van der Waals surface area contributed by atoms with Crippen LogP contribution in [0.4, 0.5) is 0 Å². The van der Waals surface area contributed by atoms with Crippen molar-refractivity contribution in [3.05, 3.63) is 94.6 Å². The molecule has 6 nitrogen and oxygen atoms in total. The highest BCUT2D eigenvalue weighted by Gasteiger charge is 2.16. The van der Waals surface area contributed by atoms with Crippen molar-refractivity contribution in [3.63, 3.8) is 0 Å². The van der Waals surface area contributed by atoms with Crippen LogP contribution in [0, 0.1) is 0 Å². The molecule has 160 valence electrons. The van der Waals surface area contributed by atoms with Crippen LogP contribution in [0.15, 0.2) is 77.3 Å². The van der Waals surface area contributed by atoms with E-state index >= 15 is 0 Å². The van der Waals surface area contributed by atoms with Crippen LogP contribution in [0.3, 0.4) is 0 Å². The number of aldehydes is 1. The Kier molecular flexibility index (Phi) is 6.33. The van der Waals surface area contributed by atoms with Crippen molar-refractivity contribution in [2.45, 2.75) is 6.54 Å². The molecule has 0 bridgehead atoms. The van der Waals surface area contributed by atoms with Gasteiger partial charge in [-0.1, -0.05) is 53.2 Å². The zero-order valence-corrected chi connectivity index (χ0v) is 17.9. The number of methoxy groups -OCH3 is 1. The van der Waals surface area contributed by atoms with Gasteiger partial charge in [0.15, 0.2) is 11.5 Å². The van der Waals surface area contributed by atoms with E-state index in [0.717, 1.165) is 23.0 Å². The number of hydrogen-bond acceptors (Lipinski definition) is 5. The van der Waals surface area contributed by atoms with Gasteiger partial charge in [-0.05, 0) is 41.5 Å². The summed E-state index contributed by atoms with van der Waals surface area (Å²) in [5, 5.41) is 7.21. The Labute approximate surface area is 189 Å². The molecular weight excluding hydrogens is 428 g/mol. The molecule has 0 aliphatic heterocycles. The Bertz CT molecular complexity index is 1280. The van der Waals surface area contributed by atoms with E-state index in [1.807, 2.05) is 48.5 Å². The summed E-state index contributed by atoms with van der Waals surface area (Å²) in [6, 6.07) is 21.7. The van der Waals surface area contributed by atoms with Gasteiger partial charge in [0.05, 0.1) is 12.1 Å². The number of halogens is 1. The molecule has 1 aromatic heterocycles. The molecule has 3 aromatic carbocycles. The number of benzene rings is 3. The molecule has 0 radical (unpaired) electrons. The van der Waals surface area contributed by atoms with Gasteiger partial charge in [0.2, 0.25) is 0 Å². The molecule has 0 saturated heterocycles. The number of hydrogen-bond donors (Lipinski definition) is 1. The fraction of sp³-hybridized carbons (Fsp3) is 0.0800. The molecule has 0 atom stereocenters. The van der Waals surface area contributed by atoms with E-state index in [2.05, 4.69) is 10.5 Å². The molecule has 32 heavy (non-hydrogen) atoms. The zero-order chi connectivity index (χ0) is 22.5. The highest BCUT2D eigenvalue weighted by molar-refractivity contribution is 6.33. The molecular formula is C25H19ClN2O4. The van der Waals surface area contributed by atoms with Gasteiger partial charge in [-0.25, -0.2) is 0 Å². The topological polar surface area (TPSA) is 81.4 Å². The van der Waals surface area contributed by atoms with Crippen molar-refractivity contribution >= 4 is 23.8 Å². The predicted octanol–water partition coefficient (Wildman–Crippen LogP) is 5.41. The summed E-state index contributed by atoms with van der Waals surface area (Å²) in [5.74, 6) is 0.662. The molecule has 0 aliphatic rings. The molecule has 0 unspecified atom stereocenters. The molecule has 1 N–H and O–H groups in total. The van der Waals surface area contributed by atoms with Crippen molar-refractivity contribution in [2.24, 2.45) is 0 Å². The third-order valence-electron chi connectivity index (χ3n) is 4.96. The Balaban J connectivity index is 1.52. The number of amides is 1. The summed E-state index contributed by atoms with van der Waals surface area (Å²) in [6.45, 7) is 0.220. The summed E-state index contributed by atoms with van der Waals surface area (Å²) >= 11 is 6.19. The smallest absolute Gasteiger partial charge is 0.273 e. The van der Waals surface area contributed by atoms with E-state index < -0.39 is 0 Å². The molecule has 0 spiro atoms. The Morgan fingerprint density at radius 3 is 2.66 bits per heavy atom. The van der Waals surface area contributed by atoms with E-state index in [-0.39, 0.29) is 18.1 Å². The fourth-order valence-electron chi connectivity index (χ4n) is 3.32. The first-order valence-corrected chi connectivity index (χ1v) is 10.2. The predicted molar refractivity (Wildman–Crippen MR) is 122 cm³/mol. The van der Waals surface area contributed by atoms with E-state index in [1.165, 1.54) is 0 Å². The van der Waals surface area contributed by atoms with Gasteiger partial charge in [-0.2, -0.15) is 0 Å². The van der Waals surface area contributed by atoms with Gasteiger partial charge in [0.25, 0.3) is 5.91 Å². The average Bonchev–Trinajstić information content (AvgIpc) is 3.33. The lowest BCUT2D eigenvalue weighted by molar-refractivity contribution is 0.0941. The van der Waals surface area contributed by atoms with Crippen LogP contribution in [0.5, 0.6) is 5.75 Å². The second-order valence-electron chi connectivity index (χ2n) is 7.01. The quantitative estimate of drug-likeness (QED) is 0.384. The lowest BCUT2D eigenvalue weighted by Gasteiger charge is -2.12. The molecule has 1 heterocycles. The van der Waals surface area contributed by atoms with Crippen LogP contribution >= 0.6 is 11.6 Å². The normalized spacial score (nSPS) is 10.6. The van der Waals surface area contributed by atoms with Gasteiger partial charge in [0, 0.05) is 29.3 Å². The minimum Gasteiger partial charge on any atom is -0.496 e. The first-order chi connectivity index (χ1) is 15.6. The Morgan fingerprint density at radius 1 is 1.06 bits per heavy atom. The minimum atomic E-state index is -0.387.